The minimum absolute atomic E-state index is 0.274. The van der Waals surface area contributed by atoms with Crippen molar-refractivity contribution in [3.05, 3.63) is 56.7 Å². The van der Waals surface area contributed by atoms with Gasteiger partial charge in [0.25, 0.3) is 5.91 Å². The van der Waals surface area contributed by atoms with Gasteiger partial charge in [-0.3, -0.25) is 4.79 Å². The molecule has 24 heavy (non-hydrogen) atoms. The topological polar surface area (TPSA) is 70.4 Å². The molecule has 7 heteroatoms. The van der Waals surface area contributed by atoms with Crippen LogP contribution in [-0.2, 0) is 16.1 Å². The third-order valence-corrected chi connectivity index (χ3v) is 4.50. The minimum atomic E-state index is -0.594. The number of rotatable bonds is 6. The van der Waals surface area contributed by atoms with Gasteiger partial charge in [-0.2, -0.15) is 5.26 Å². The standard InChI is InChI=1S/C17H15ClN2O3S/c1-2-20(10-14-7-8-15(18)24-14)16(21)11-23-17(22)13-5-3-12(9-19)4-6-13/h3-8H,2,10-11H2,1H3. The molecular weight excluding hydrogens is 348 g/mol. The number of halogens is 1. The van der Waals surface area contributed by atoms with Crippen LogP contribution in [0.3, 0.4) is 0 Å². The van der Waals surface area contributed by atoms with Gasteiger partial charge in [0.2, 0.25) is 0 Å². The number of amides is 1. The number of carbonyl (C=O) groups excluding carboxylic acids is 2. The first kappa shape index (κ1) is 18.0. The lowest BCUT2D eigenvalue weighted by Gasteiger charge is -2.19. The zero-order valence-corrected chi connectivity index (χ0v) is 14.6. The number of nitrogens with zero attached hydrogens (tertiary/aromatic N) is 2. The quantitative estimate of drug-likeness (QED) is 0.737. The summed E-state index contributed by atoms with van der Waals surface area (Å²) < 4.78 is 5.72. The zero-order chi connectivity index (χ0) is 17.5. The van der Waals surface area contributed by atoms with Crippen molar-refractivity contribution in [1.29, 1.82) is 5.26 Å². The Morgan fingerprint density at radius 3 is 2.50 bits per heavy atom. The highest BCUT2D eigenvalue weighted by molar-refractivity contribution is 7.16. The maximum absolute atomic E-state index is 12.2. The molecule has 0 atom stereocenters. The second-order valence-electron chi connectivity index (χ2n) is 4.88. The summed E-state index contributed by atoms with van der Waals surface area (Å²) in [6.07, 6.45) is 0. The van der Waals surface area contributed by atoms with Crippen LogP contribution in [0.1, 0.15) is 27.7 Å². The Hall–Kier alpha value is -2.36. The molecule has 0 aliphatic heterocycles. The number of hydrogen-bond donors (Lipinski definition) is 0. The number of thiophene rings is 1. The molecule has 1 aromatic carbocycles. The van der Waals surface area contributed by atoms with Gasteiger partial charge in [0.15, 0.2) is 6.61 Å². The largest absolute Gasteiger partial charge is 0.452 e. The highest BCUT2D eigenvalue weighted by Crippen LogP contribution is 2.22. The van der Waals surface area contributed by atoms with Gasteiger partial charge in [0.1, 0.15) is 0 Å². The summed E-state index contributed by atoms with van der Waals surface area (Å²) in [4.78, 5) is 26.7. The molecule has 0 fully saturated rings. The summed E-state index contributed by atoms with van der Waals surface area (Å²) in [5.74, 6) is -0.868. The third kappa shape index (κ3) is 4.82. The lowest BCUT2D eigenvalue weighted by Crippen LogP contribution is -2.33. The Balaban J connectivity index is 1.90. The molecule has 1 heterocycles. The van der Waals surface area contributed by atoms with E-state index in [9.17, 15) is 9.59 Å². The molecule has 0 saturated heterocycles. The number of carbonyl (C=O) groups is 2. The van der Waals surface area contributed by atoms with Crippen molar-refractivity contribution >= 4 is 34.8 Å². The minimum Gasteiger partial charge on any atom is -0.452 e. The average Bonchev–Trinajstić information content (AvgIpc) is 3.02. The smallest absolute Gasteiger partial charge is 0.338 e. The van der Waals surface area contributed by atoms with Crippen LogP contribution in [0, 0.1) is 11.3 Å². The van der Waals surface area contributed by atoms with E-state index in [1.165, 1.54) is 35.6 Å². The van der Waals surface area contributed by atoms with Crippen molar-refractivity contribution in [3.8, 4) is 6.07 Å². The molecule has 2 rings (SSSR count). The fourth-order valence-corrected chi connectivity index (χ4v) is 3.09. The van der Waals surface area contributed by atoms with Crippen LogP contribution in [0.25, 0.3) is 0 Å². The van der Waals surface area contributed by atoms with Gasteiger partial charge < -0.3 is 9.64 Å². The Kier molecular flexibility index (Phi) is 6.36. The monoisotopic (exact) mass is 362 g/mol. The predicted octanol–water partition coefficient (Wildman–Crippen LogP) is 3.48. The van der Waals surface area contributed by atoms with Crippen molar-refractivity contribution in [3.63, 3.8) is 0 Å². The van der Waals surface area contributed by atoms with Gasteiger partial charge >= 0.3 is 5.97 Å². The van der Waals surface area contributed by atoms with Crippen LogP contribution in [0.2, 0.25) is 4.34 Å². The van der Waals surface area contributed by atoms with Crippen LogP contribution in [-0.4, -0.2) is 29.9 Å². The number of benzene rings is 1. The molecule has 2 aromatic rings. The molecule has 1 amide bonds. The van der Waals surface area contributed by atoms with Crippen LogP contribution in [0.15, 0.2) is 36.4 Å². The van der Waals surface area contributed by atoms with E-state index in [0.717, 1.165) is 4.88 Å². The van der Waals surface area contributed by atoms with Crippen molar-refractivity contribution in [2.75, 3.05) is 13.2 Å². The molecule has 1 aromatic heterocycles. The van der Waals surface area contributed by atoms with E-state index in [-0.39, 0.29) is 12.5 Å². The van der Waals surface area contributed by atoms with Crippen LogP contribution >= 0.6 is 22.9 Å². The Morgan fingerprint density at radius 2 is 1.96 bits per heavy atom. The number of hydrogen-bond acceptors (Lipinski definition) is 5. The SMILES string of the molecule is CCN(Cc1ccc(Cl)s1)C(=O)COC(=O)c1ccc(C#N)cc1. The summed E-state index contributed by atoms with van der Waals surface area (Å²) in [6.45, 7) is 2.46. The van der Waals surface area contributed by atoms with Gasteiger partial charge in [-0.1, -0.05) is 11.6 Å². The van der Waals surface area contributed by atoms with E-state index in [4.69, 9.17) is 21.6 Å². The lowest BCUT2D eigenvalue weighted by molar-refractivity contribution is -0.134. The van der Waals surface area contributed by atoms with E-state index in [2.05, 4.69) is 0 Å². The number of esters is 1. The molecule has 0 bridgehead atoms. The molecule has 0 aliphatic carbocycles. The number of ether oxygens (including phenoxy) is 1. The first-order chi connectivity index (χ1) is 11.5. The molecule has 0 N–H and O–H groups in total. The fourth-order valence-electron chi connectivity index (χ4n) is 1.98. The van der Waals surface area contributed by atoms with Gasteiger partial charge in [0.05, 0.1) is 28.1 Å². The lowest BCUT2D eigenvalue weighted by atomic mass is 10.1. The van der Waals surface area contributed by atoms with Gasteiger partial charge in [-0.15, -0.1) is 11.3 Å². The highest BCUT2D eigenvalue weighted by Gasteiger charge is 2.16. The predicted molar refractivity (Wildman–Crippen MR) is 91.9 cm³/mol. The van der Waals surface area contributed by atoms with Crippen LogP contribution in [0.5, 0.6) is 0 Å². The summed E-state index contributed by atoms with van der Waals surface area (Å²) in [5, 5.41) is 8.73. The van der Waals surface area contributed by atoms with Gasteiger partial charge in [-0.05, 0) is 43.3 Å². The molecule has 0 unspecified atom stereocenters. The molecule has 0 saturated carbocycles. The zero-order valence-electron chi connectivity index (χ0n) is 13.0. The molecule has 0 radical (unpaired) electrons. The van der Waals surface area contributed by atoms with Crippen molar-refractivity contribution in [2.45, 2.75) is 13.5 Å². The van der Waals surface area contributed by atoms with Gasteiger partial charge in [-0.25, -0.2) is 4.79 Å². The van der Waals surface area contributed by atoms with Gasteiger partial charge in [0, 0.05) is 11.4 Å². The summed E-state index contributed by atoms with van der Waals surface area (Å²) >= 11 is 7.30. The Morgan fingerprint density at radius 1 is 1.25 bits per heavy atom. The van der Waals surface area contributed by atoms with Crippen molar-refractivity contribution < 1.29 is 14.3 Å². The Labute approximate surface area is 149 Å². The van der Waals surface area contributed by atoms with Crippen molar-refractivity contribution in [2.24, 2.45) is 0 Å². The average molecular weight is 363 g/mol. The first-order valence-corrected chi connectivity index (χ1v) is 8.42. The normalized spacial score (nSPS) is 10.0. The first-order valence-electron chi connectivity index (χ1n) is 7.22. The van der Waals surface area contributed by atoms with E-state index >= 15 is 0 Å². The van der Waals surface area contributed by atoms with E-state index in [1.807, 2.05) is 19.1 Å². The second-order valence-corrected chi connectivity index (χ2v) is 6.68. The van der Waals surface area contributed by atoms with Crippen LogP contribution < -0.4 is 0 Å². The molecule has 0 spiro atoms. The summed E-state index contributed by atoms with van der Waals surface area (Å²) in [7, 11) is 0. The Bertz CT molecular complexity index is 765. The summed E-state index contributed by atoms with van der Waals surface area (Å²) in [6, 6.07) is 11.7. The molecule has 0 aliphatic rings. The van der Waals surface area contributed by atoms with Crippen LogP contribution in [0.4, 0.5) is 0 Å². The third-order valence-electron chi connectivity index (χ3n) is 3.29. The van der Waals surface area contributed by atoms with Crippen molar-refractivity contribution in [1.82, 2.24) is 4.90 Å². The van der Waals surface area contributed by atoms with E-state index < -0.39 is 5.97 Å². The summed E-state index contributed by atoms with van der Waals surface area (Å²) in [5.41, 5.74) is 0.754. The van der Waals surface area contributed by atoms with E-state index in [0.29, 0.717) is 28.6 Å². The molecule has 5 nitrogen and oxygen atoms in total. The fraction of sp³-hybridized carbons (Fsp3) is 0.235. The maximum Gasteiger partial charge on any atom is 0.338 e. The number of likely N-dealkylation sites (N-methyl/N-ethyl adjacent to an activating group) is 1. The highest BCUT2D eigenvalue weighted by atomic mass is 35.5. The maximum atomic E-state index is 12.2. The molecular formula is C17H15ClN2O3S. The molecule has 124 valence electrons. The van der Waals surface area contributed by atoms with E-state index in [1.54, 1.807) is 11.0 Å². The second kappa shape index (κ2) is 8.48. The number of nitriles is 1.